The maximum Gasteiger partial charge on any atom is 0.298 e. The second-order valence-corrected chi connectivity index (χ2v) is 4.45. The van der Waals surface area contributed by atoms with Crippen molar-refractivity contribution in [2.45, 2.75) is 38.0 Å². The van der Waals surface area contributed by atoms with Gasteiger partial charge in [0.05, 0.1) is 0 Å². The molecule has 3 nitrogen and oxygen atoms in total. The summed E-state index contributed by atoms with van der Waals surface area (Å²) in [5.74, 6) is -0.136. The number of aryl methyl sites for hydroxylation is 1. The van der Waals surface area contributed by atoms with Gasteiger partial charge in [-0.1, -0.05) is 0 Å². The van der Waals surface area contributed by atoms with Gasteiger partial charge in [-0.25, -0.2) is 0 Å². The number of carbonyl (C=O) groups excluding carboxylic acids is 2. The SMILES string of the molecule is O=C1CCC2CCCc3ccn(c32)C1=O. The fourth-order valence-electron chi connectivity index (χ4n) is 2.84. The third kappa shape index (κ3) is 1.19. The number of aromatic nitrogens is 1. The Hall–Kier alpha value is -1.38. The molecule has 1 aliphatic carbocycles. The van der Waals surface area contributed by atoms with Crippen molar-refractivity contribution >= 4 is 11.7 Å². The predicted octanol–water partition coefficient (Wildman–Crippen LogP) is 1.91. The zero-order valence-corrected chi connectivity index (χ0v) is 8.53. The summed E-state index contributed by atoms with van der Waals surface area (Å²) in [5, 5.41) is 0. The van der Waals surface area contributed by atoms with Crippen LogP contribution in [0.2, 0.25) is 0 Å². The maximum atomic E-state index is 11.7. The highest BCUT2D eigenvalue weighted by Crippen LogP contribution is 2.37. The molecule has 1 aromatic heterocycles. The molecule has 78 valence electrons. The van der Waals surface area contributed by atoms with Gasteiger partial charge in [-0.2, -0.15) is 0 Å². The summed E-state index contributed by atoms with van der Waals surface area (Å²) in [6, 6.07) is 2.00. The smallest absolute Gasteiger partial charge is 0.289 e. The minimum atomic E-state index is -0.333. The molecule has 1 aliphatic heterocycles. The average Bonchev–Trinajstić information content (AvgIpc) is 2.63. The molecule has 0 radical (unpaired) electrons. The van der Waals surface area contributed by atoms with Crippen molar-refractivity contribution in [2.24, 2.45) is 0 Å². The van der Waals surface area contributed by atoms with Crippen LogP contribution in [0.5, 0.6) is 0 Å². The summed E-state index contributed by atoms with van der Waals surface area (Å²) < 4.78 is 1.59. The van der Waals surface area contributed by atoms with E-state index in [1.54, 1.807) is 10.8 Å². The molecule has 0 saturated heterocycles. The first-order valence-electron chi connectivity index (χ1n) is 5.55. The van der Waals surface area contributed by atoms with Crippen LogP contribution in [0.1, 0.15) is 47.7 Å². The highest BCUT2D eigenvalue weighted by atomic mass is 16.2. The van der Waals surface area contributed by atoms with E-state index >= 15 is 0 Å². The minimum absolute atomic E-state index is 0.234. The molecule has 0 N–H and O–H groups in total. The fraction of sp³-hybridized carbons (Fsp3) is 0.500. The number of carbonyl (C=O) groups is 2. The summed E-state index contributed by atoms with van der Waals surface area (Å²) in [6.07, 6.45) is 6.41. The Morgan fingerprint density at radius 3 is 2.93 bits per heavy atom. The van der Waals surface area contributed by atoms with Crippen LogP contribution in [0.25, 0.3) is 0 Å². The van der Waals surface area contributed by atoms with Crippen molar-refractivity contribution in [3.05, 3.63) is 23.5 Å². The summed E-state index contributed by atoms with van der Waals surface area (Å²) in [7, 11) is 0. The van der Waals surface area contributed by atoms with E-state index in [1.807, 2.05) is 6.07 Å². The van der Waals surface area contributed by atoms with E-state index in [9.17, 15) is 9.59 Å². The van der Waals surface area contributed by atoms with E-state index in [4.69, 9.17) is 0 Å². The lowest BCUT2D eigenvalue weighted by Crippen LogP contribution is -2.20. The van der Waals surface area contributed by atoms with Gasteiger partial charge >= 0.3 is 0 Å². The molecule has 0 bridgehead atoms. The van der Waals surface area contributed by atoms with Crippen molar-refractivity contribution in [1.29, 1.82) is 0 Å². The molecule has 2 aliphatic rings. The number of nitrogens with zero attached hydrogens (tertiary/aromatic N) is 1. The van der Waals surface area contributed by atoms with E-state index in [2.05, 4.69) is 0 Å². The Kier molecular flexibility index (Phi) is 1.81. The predicted molar refractivity (Wildman–Crippen MR) is 55.0 cm³/mol. The minimum Gasteiger partial charge on any atom is -0.289 e. The molecule has 0 fully saturated rings. The second kappa shape index (κ2) is 3.05. The standard InChI is InChI=1S/C12H13NO2/c14-10-5-4-8-2-1-3-9-6-7-13(11(8)9)12(10)15/h6-8H,1-5H2. The second-order valence-electron chi connectivity index (χ2n) is 4.45. The summed E-state index contributed by atoms with van der Waals surface area (Å²) in [5.41, 5.74) is 2.39. The molecule has 0 amide bonds. The van der Waals surface area contributed by atoms with Crippen LogP contribution in [0.15, 0.2) is 12.3 Å². The van der Waals surface area contributed by atoms with Gasteiger partial charge in [0.25, 0.3) is 5.91 Å². The van der Waals surface area contributed by atoms with Crippen LogP contribution >= 0.6 is 0 Å². The Balaban J connectivity index is 2.19. The summed E-state index contributed by atoms with van der Waals surface area (Å²) >= 11 is 0. The van der Waals surface area contributed by atoms with Crippen molar-refractivity contribution in [3.8, 4) is 0 Å². The molecule has 1 aromatic rings. The van der Waals surface area contributed by atoms with Gasteiger partial charge in [0.1, 0.15) is 0 Å². The number of rotatable bonds is 0. The van der Waals surface area contributed by atoms with E-state index in [1.165, 1.54) is 12.0 Å². The van der Waals surface area contributed by atoms with E-state index < -0.39 is 0 Å². The molecule has 1 unspecified atom stereocenters. The quantitative estimate of drug-likeness (QED) is 0.604. The first-order valence-corrected chi connectivity index (χ1v) is 5.55. The fourth-order valence-corrected chi connectivity index (χ4v) is 2.84. The van der Waals surface area contributed by atoms with E-state index in [0.29, 0.717) is 12.3 Å². The largest absolute Gasteiger partial charge is 0.298 e. The summed E-state index contributed by atoms with van der Waals surface area (Å²) in [4.78, 5) is 23.2. The van der Waals surface area contributed by atoms with E-state index in [0.717, 1.165) is 25.0 Å². The zero-order valence-electron chi connectivity index (χ0n) is 8.53. The monoisotopic (exact) mass is 203 g/mol. The molecule has 3 heteroatoms. The Labute approximate surface area is 88.1 Å². The number of ketones is 1. The third-order valence-corrected chi connectivity index (χ3v) is 3.58. The normalized spacial score (nSPS) is 24.9. The number of hydrogen-bond donors (Lipinski definition) is 0. The Morgan fingerprint density at radius 2 is 2.07 bits per heavy atom. The molecular weight excluding hydrogens is 190 g/mol. The maximum absolute atomic E-state index is 11.7. The number of hydrogen-bond acceptors (Lipinski definition) is 2. The molecule has 3 rings (SSSR count). The Bertz CT molecular complexity index is 444. The topological polar surface area (TPSA) is 39.1 Å². The Morgan fingerprint density at radius 1 is 1.20 bits per heavy atom. The molecule has 15 heavy (non-hydrogen) atoms. The van der Waals surface area contributed by atoms with Gasteiger partial charge in [-0.15, -0.1) is 0 Å². The van der Waals surface area contributed by atoms with Crippen LogP contribution in [0.3, 0.4) is 0 Å². The number of Topliss-reactive ketones (excluding diaryl/α,β-unsaturated/α-hetero) is 1. The van der Waals surface area contributed by atoms with Gasteiger partial charge in [-0.3, -0.25) is 14.2 Å². The third-order valence-electron chi connectivity index (χ3n) is 3.58. The van der Waals surface area contributed by atoms with Gasteiger partial charge in [-0.05, 0) is 37.3 Å². The van der Waals surface area contributed by atoms with Gasteiger partial charge < -0.3 is 0 Å². The first kappa shape index (κ1) is 8.89. The van der Waals surface area contributed by atoms with Crippen molar-refractivity contribution in [3.63, 3.8) is 0 Å². The van der Waals surface area contributed by atoms with Crippen LogP contribution in [-0.4, -0.2) is 16.3 Å². The molecule has 1 atom stereocenters. The first-order chi connectivity index (χ1) is 7.27. The molecule has 0 saturated carbocycles. The lowest BCUT2D eigenvalue weighted by Gasteiger charge is -2.22. The lowest BCUT2D eigenvalue weighted by atomic mass is 9.85. The highest BCUT2D eigenvalue weighted by Gasteiger charge is 2.31. The van der Waals surface area contributed by atoms with Gasteiger partial charge in [0.2, 0.25) is 5.78 Å². The van der Waals surface area contributed by atoms with Crippen LogP contribution in [-0.2, 0) is 11.2 Å². The highest BCUT2D eigenvalue weighted by molar-refractivity contribution is 6.37. The molecular formula is C12H13NO2. The molecule has 2 heterocycles. The summed E-state index contributed by atoms with van der Waals surface area (Å²) in [6.45, 7) is 0. The lowest BCUT2D eigenvalue weighted by molar-refractivity contribution is -0.115. The van der Waals surface area contributed by atoms with Crippen molar-refractivity contribution < 1.29 is 9.59 Å². The van der Waals surface area contributed by atoms with Gasteiger partial charge in [0.15, 0.2) is 0 Å². The van der Waals surface area contributed by atoms with E-state index in [-0.39, 0.29) is 11.7 Å². The molecule has 0 aromatic carbocycles. The van der Waals surface area contributed by atoms with Crippen molar-refractivity contribution in [2.75, 3.05) is 0 Å². The van der Waals surface area contributed by atoms with Crippen LogP contribution in [0, 0.1) is 0 Å². The van der Waals surface area contributed by atoms with Crippen LogP contribution in [0.4, 0.5) is 0 Å². The van der Waals surface area contributed by atoms with Gasteiger partial charge in [0, 0.05) is 24.2 Å². The zero-order chi connectivity index (χ0) is 10.4. The van der Waals surface area contributed by atoms with Crippen molar-refractivity contribution in [1.82, 2.24) is 4.57 Å². The molecule has 0 spiro atoms. The average molecular weight is 203 g/mol. The van der Waals surface area contributed by atoms with Crippen LogP contribution < -0.4 is 0 Å².